The number of hydrogen-bond acceptors (Lipinski definition) is 3. The van der Waals surface area contributed by atoms with E-state index in [4.69, 9.17) is 4.74 Å². The second kappa shape index (κ2) is 4.99. The van der Waals surface area contributed by atoms with Crippen LogP contribution in [0.1, 0.15) is 17.5 Å². The molecule has 0 radical (unpaired) electrons. The Morgan fingerprint density at radius 2 is 2.19 bits per heavy atom. The lowest BCUT2D eigenvalue weighted by atomic mass is 10.1. The van der Waals surface area contributed by atoms with Gasteiger partial charge in [0.15, 0.2) is 6.61 Å². The summed E-state index contributed by atoms with van der Waals surface area (Å²) in [6.07, 6.45) is 3.47. The average molecular weight is 221 g/mol. The van der Waals surface area contributed by atoms with Crippen LogP contribution in [0, 0.1) is 0 Å². The molecule has 4 heteroatoms. The Kier molecular flexibility index (Phi) is 3.41. The second-order valence-electron chi connectivity index (χ2n) is 3.80. The van der Waals surface area contributed by atoms with Gasteiger partial charge >= 0.3 is 0 Å². The van der Waals surface area contributed by atoms with E-state index in [-0.39, 0.29) is 12.5 Å². The van der Waals surface area contributed by atoms with Crippen molar-refractivity contribution in [2.45, 2.75) is 19.3 Å². The summed E-state index contributed by atoms with van der Waals surface area (Å²) < 4.78 is 5.35. The Balaban J connectivity index is 1.93. The molecule has 4 nitrogen and oxygen atoms in total. The van der Waals surface area contributed by atoms with Crippen LogP contribution in [0.4, 0.5) is 0 Å². The van der Waals surface area contributed by atoms with Crippen molar-refractivity contribution in [3.05, 3.63) is 29.3 Å². The van der Waals surface area contributed by atoms with Gasteiger partial charge in [0.2, 0.25) is 0 Å². The lowest BCUT2D eigenvalue weighted by Crippen LogP contribution is -2.27. The van der Waals surface area contributed by atoms with Crippen molar-refractivity contribution in [3.63, 3.8) is 0 Å². The molecule has 1 N–H and O–H groups in total. The Morgan fingerprint density at radius 1 is 1.38 bits per heavy atom. The molecule has 0 spiro atoms. The molecule has 1 aliphatic carbocycles. The van der Waals surface area contributed by atoms with E-state index >= 15 is 0 Å². The molecule has 0 bridgehead atoms. The summed E-state index contributed by atoms with van der Waals surface area (Å²) in [7, 11) is 1.40. The fourth-order valence-corrected chi connectivity index (χ4v) is 1.93. The predicted molar refractivity (Wildman–Crippen MR) is 59.1 cm³/mol. The number of nitrogens with one attached hydrogen (secondary N) is 1. The highest BCUT2D eigenvalue weighted by atomic mass is 16.6. The summed E-state index contributed by atoms with van der Waals surface area (Å²) in [6, 6.07) is 6.00. The van der Waals surface area contributed by atoms with Crippen LogP contribution >= 0.6 is 0 Å². The average Bonchev–Trinajstić information content (AvgIpc) is 2.74. The third-order valence-electron chi connectivity index (χ3n) is 2.66. The van der Waals surface area contributed by atoms with Crippen molar-refractivity contribution in [1.82, 2.24) is 5.48 Å². The van der Waals surface area contributed by atoms with Crippen LogP contribution < -0.4 is 10.2 Å². The Hall–Kier alpha value is -1.55. The van der Waals surface area contributed by atoms with Crippen LogP contribution in [-0.2, 0) is 22.5 Å². The molecule has 2 rings (SSSR count). The van der Waals surface area contributed by atoms with Gasteiger partial charge in [-0.15, -0.1) is 0 Å². The molecule has 0 atom stereocenters. The first kappa shape index (κ1) is 11.0. The Labute approximate surface area is 94.5 Å². The van der Waals surface area contributed by atoms with E-state index < -0.39 is 0 Å². The van der Waals surface area contributed by atoms with Gasteiger partial charge in [0.05, 0.1) is 7.11 Å². The predicted octanol–water partition coefficient (Wildman–Crippen LogP) is 1.23. The van der Waals surface area contributed by atoms with E-state index in [1.54, 1.807) is 0 Å². The summed E-state index contributed by atoms with van der Waals surface area (Å²) in [6.45, 7) is -0.0212. The Bertz CT molecular complexity index is 390. The van der Waals surface area contributed by atoms with Crippen LogP contribution in [0.15, 0.2) is 18.2 Å². The lowest BCUT2D eigenvalue weighted by Gasteiger charge is -2.07. The maximum absolute atomic E-state index is 11.1. The fraction of sp³-hybridized carbons (Fsp3) is 0.417. The number of amides is 1. The summed E-state index contributed by atoms with van der Waals surface area (Å²) in [5, 5.41) is 0. The number of aryl methyl sites for hydroxylation is 2. The molecular weight excluding hydrogens is 206 g/mol. The number of benzene rings is 1. The maximum Gasteiger partial charge on any atom is 0.281 e. The number of hydrogen-bond donors (Lipinski definition) is 1. The SMILES string of the molecule is CONC(=O)COc1ccc2c(c1)CCC2. The molecule has 16 heavy (non-hydrogen) atoms. The molecule has 0 heterocycles. The normalized spacial score (nSPS) is 13.3. The van der Waals surface area contributed by atoms with Crippen LogP contribution in [0.5, 0.6) is 5.75 Å². The molecular formula is C12H15NO3. The molecule has 1 aliphatic rings. The molecule has 1 aromatic rings. The van der Waals surface area contributed by atoms with Crippen LogP contribution in [0.2, 0.25) is 0 Å². The summed E-state index contributed by atoms with van der Waals surface area (Å²) >= 11 is 0. The second-order valence-corrected chi connectivity index (χ2v) is 3.80. The van der Waals surface area contributed by atoms with Gasteiger partial charge in [0, 0.05) is 0 Å². The van der Waals surface area contributed by atoms with Crippen LogP contribution in [-0.4, -0.2) is 19.6 Å². The number of ether oxygens (including phenoxy) is 1. The van der Waals surface area contributed by atoms with E-state index in [2.05, 4.69) is 16.4 Å². The van der Waals surface area contributed by atoms with Gasteiger partial charge in [-0.25, -0.2) is 5.48 Å². The summed E-state index contributed by atoms with van der Waals surface area (Å²) in [5.74, 6) is 0.454. The maximum atomic E-state index is 11.1. The number of fused-ring (bicyclic) bond motifs is 1. The number of hydroxylamine groups is 1. The smallest absolute Gasteiger partial charge is 0.281 e. The van der Waals surface area contributed by atoms with E-state index in [0.717, 1.165) is 18.6 Å². The molecule has 0 unspecified atom stereocenters. The number of rotatable bonds is 4. The molecule has 0 fully saturated rings. The molecule has 0 aromatic heterocycles. The minimum Gasteiger partial charge on any atom is -0.484 e. The largest absolute Gasteiger partial charge is 0.484 e. The van der Waals surface area contributed by atoms with Crippen molar-refractivity contribution in [2.24, 2.45) is 0 Å². The zero-order valence-electron chi connectivity index (χ0n) is 9.29. The molecule has 0 aliphatic heterocycles. The number of carbonyl (C=O) groups excluding carboxylic acids is 1. The summed E-state index contributed by atoms with van der Waals surface area (Å²) in [5.41, 5.74) is 4.94. The van der Waals surface area contributed by atoms with Gasteiger partial charge < -0.3 is 4.74 Å². The number of carbonyl (C=O) groups is 1. The zero-order chi connectivity index (χ0) is 11.4. The van der Waals surface area contributed by atoms with Gasteiger partial charge in [-0.2, -0.15) is 0 Å². The zero-order valence-corrected chi connectivity index (χ0v) is 9.29. The topological polar surface area (TPSA) is 47.6 Å². The highest BCUT2D eigenvalue weighted by Crippen LogP contribution is 2.25. The first-order valence-electron chi connectivity index (χ1n) is 5.36. The highest BCUT2D eigenvalue weighted by Gasteiger charge is 2.11. The first-order valence-corrected chi connectivity index (χ1v) is 5.36. The molecule has 1 amide bonds. The molecule has 0 saturated heterocycles. The van der Waals surface area contributed by atoms with Crippen molar-refractivity contribution >= 4 is 5.91 Å². The lowest BCUT2D eigenvalue weighted by molar-refractivity contribution is -0.133. The van der Waals surface area contributed by atoms with Crippen molar-refractivity contribution in [2.75, 3.05) is 13.7 Å². The van der Waals surface area contributed by atoms with Crippen molar-refractivity contribution in [1.29, 1.82) is 0 Å². The fourth-order valence-electron chi connectivity index (χ4n) is 1.93. The van der Waals surface area contributed by atoms with Crippen LogP contribution in [0.3, 0.4) is 0 Å². The third-order valence-corrected chi connectivity index (χ3v) is 2.66. The first-order chi connectivity index (χ1) is 7.79. The van der Waals surface area contributed by atoms with E-state index in [1.165, 1.54) is 24.7 Å². The highest BCUT2D eigenvalue weighted by molar-refractivity contribution is 5.76. The third kappa shape index (κ3) is 2.52. The van der Waals surface area contributed by atoms with Crippen molar-refractivity contribution < 1.29 is 14.4 Å². The molecule has 1 aromatic carbocycles. The molecule has 0 saturated carbocycles. The molecule has 86 valence electrons. The van der Waals surface area contributed by atoms with E-state index in [9.17, 15) is 4.79 Å². The van der Waals surface area contributed by atoms with Gasteiger partial charge in [-0.1, -0.05) is 6.07 Å². The van der Waals surface area contributed by atoms with E-state index in [1.807, 2.05) is 12.1 Å². The minimum atomic E-state index is -0.289. The quantitative estimate of drug-likeness (QED) is 0.778. The standard InChI is InChI=1S/C12H15NO3/c1-15-13-12(14)8-16-11-6-5-9-3-2-4-10(9)7-11/h5-7H,2-4,8H2,1H3,(H,13,14). The van der Waals surface area contributed by atoms with Gasteiger partial charge in [0.25, 0.3) is 5.91 Å². The van der Waals surface area contributed by atoms with E-state index in [0.29, 0.717) is 0 Å². The minimum absolute atomic E-state index is 0.0212. The van der Waals surface area contributed by atoms with Gasteiger partial charge in [0.1, 0.15) is 5.75 Å². The van der Waals surface area contributed by atoms with Gasteiger partial charge in [-0.05, 0) is 42.5 Å². The van der Waals surface area contributed by atoms with Gasteiger partial charge in [-0.3, -0.25) is 9.63 Å². The Morgan fingerprint density at radius 3 is 3.00 bits per heavy atom. The van der Waals surface area contributed by atoms with Crippen LogP contribution in [0.25, 0.3) is 0 Å². The summed E-state index contributed by atoms with van der Waals surface area (Å²) in [4.78, 5) is 15.6. The van der Waals surface area contributed by atoms with Crippen molar-refractivity contribution in [3.8, 4) is 5.75 Å². The monoisotopic (exact) mass is 221 g/mol.